The molecule has 3 N–H and O–H groups in total. The molecule has 0 saturated carbocycles. The van der Waals surface area contributed by atoms with Crippen LogP contribution < -0.4 is 16.0 Å². The first-order valence-electron chi connectivity index (χ1n) is 10.1. The first kappa shape index (κ1) is 20.2. The summed E-state index contributed by atoms with van der Waals surface area (Å²) in [7, 11) is 1.94. The van der Waals surface area contributed by atoms with Crippen LogP contribution in [0, 0.1) is 17.6 Å². The third kappa shape index (κ3) is 4.11. The summed E-state index contributed by atoms with van der Waals surface area (Å²) in [6.45, 7) is 1.63. The molecule has 3 aromatic rings. The molecule has 1 unspecified atom stereocenters. The number of nitrogens with two attached hydrogens (primary N) is 1. The average Bonchev–Trinajstić information content (AvgIpc) is 2.77. The van der Waals surface area contributed by atoms with E-state index in [1.807, 2.05) is 19.2 Å². The van der Waals surface area contributed by atoms with Gasteiger partial charge in [-0.3, -0.25) is 0 Å². The first-order chi connectivity index (χ1) is 14.6. The largest absolute Gasteiger partial charge is 0.383 e. The van der Waals surface area contributed by atoms with Crippen molar-refractivity contribution in [1.82, 2.24) is 15.3 Å². The van der Waals surface area contributed by atoms with E-state index in [-0.39, 0.29) is 17.7 Å². The summed E-state index contributed by atoms with van der Waals surface area (Å²) < 4.78 is 26.7. The highest BCUT2D eigenvalue weighted by Gasteiger charge is 2.29. The highest BCUT2D eigenvalue weighted by atomic mass is 19.1. The van der Waals surface area contributed by atoms with Crippen molar-refractivity contribution < 1.29 is 8.78 Å². The van der Waals surface area contributed by atoms with Crippen molar-refractivity contribution in [3.05, 3.63) is 72.1 Å². The second-order valence-electron chi connectivity index (χ2n) is 7.61. The zero-order valence-electron chi connectivity index (χ0n) is 16.9. The van der Waals surface area contributed by atoms with Crippen molar-refractivity contribution >= 4 is 11.6 Å². The van der Waals surface area contributed by atoms with E-state index in [9.17, 15) is 8.78 Å². The normalized spacial score (nSPS) is 15.9. The number of halogens is 2. The average molecular weight is 409 g/mol. The molecule has 1 saturated heterocycles. The van der Waals surface area contributed by atoms with Crippen molar-refractivity contribution in [3.63, 3.8) is 0 Å². The maximum absolute atomic E-state index is 13.4. The molecule has 1 aliphatic heterocycles. The van der Waals surface area contributed by atoms with Gasteiger partial charge in [0, 0.05) is 19.1 Å². The fraction of sp³-hybridized carbons (Fsp3) is 0.304. The van der Waals surface area contributed by atoms with Crippen LogP contribution in [0.2, 0.25) is 0 Å². The lowest BCUT2D eigenvalue weighted by Gasteiger charge is -2.37. The summed E-state index contributed by atoms with van der Waals surface area (Å²) in [5, 5.41) is 3.39. The minimum atomic E-state index is -0.296. The number of rotatable bonds is 5. The molecule has 30 heavy (non-hydrogen) atoms. The Labute approximate surface area is 175 Å². The van der Waals surface area contributed by atoms with E-state index >= 15 is 0 Å². The monoisotopic (exact) mass is 409 g/mol. The fourth-order valence-corrected chi connectivity index (χ4v) is 4.31. The number of nitrogens with zero attached hydrogens (tertiary/aromatic N) is 3. The smallest absolute Gasteiger partial charge is 0.142 e. The van der Waals surface area contributed by atoms with Gasteiger partial charge in [-0.05, 0) is 61.2 Å². The van der Waals surface area contributed by atoms with Crippen LogP contribution in [0.1, 0.15) is 24.4 Å². The Morgan fingerprint density at radius 2 is 1.57 bits per heavy atom. The molecule has 0 aliphatic carbocycles. The third-order valence-corrected chi connectivity index (χ3v) is 5.84. The molecule has 0 radical (unpaired) electrons. The van der Waals surface area contributed by atoms with Crippen molar-refractivity contribution in [1.29, 1.82) is 0 Å². The maximum atomic E-state index is 13.4. The lowest BCUT2D eigenvalue weighted by Crippen LogP contribution is -2.39. The van der Waals surface area contributed by atoms with Crippen LogP contribution in [0.5, 0.6) is 0 Å². The van der Waals surface area contributed by atoms with Gasteiger partial charge in [-0.1, -0.05) is 24.3 Å². The van der Waals surface area contributed by atoms with Crippen LogP contribution >= 0.6 is 0 Å². The van der Waals surface area contributed by atoms with E-state index in [0.717, 1.165) is 48.4 Å². The van der Waals surface area contributed by atoms with E-state index < -0.39 is 0 Å². The number of nitrogens with one attached hydrogen (secondary N) is 1. The Morgan fingerprint density at radius 3 is 2.17 bits per heavy atom. The Morgan fingerprint density at radius 1 is 0.967 bits per heavy atom. The molecule has 2 aromatic carbocycles. The molecule has 5 nitrogen and oxygen atoms in total. The maximum Gasteiger partial charge on any atom is 0.142 e. The number of benzene rings is 2. The van der Waals surface area contributed by atoms with E-state index in [0.29, 0.717) is 11.7 Å². The van der Waals surface area contributed by atoms with Gasteiger partial charge in [-0.15, -0.1) is 0 Å². The second-order valence-corrected chi connectivity index (χ2v) is 7.61. The SMILES string of the molecule is CNC(c1ccc(F)cc1)C1CCN(c2ncnc(N)c2-c2ccc(F)cc2)CC1. The lowest BCUT2D eigenvalue weighted by molar-refractivity contribution is 0.311. The summed E-state index contributed by atoms with van der Waals surface area (Å²) in [4.78, 5) is 10.9. The Hall–Kier alpha value is -3.06. The van der Waals surface area contributed by atoms with Gasteiger partial charge >= 0.3 is 0 Å². The van der Waals surface area contributed by atoms with Gasteiger partial charge in [0.25, 0.3) is 0 Å². The molecular formula is C23H25F2N5. The van der Waals surface area contributed by atoms with E-state index in [1.165, 1.54) is 30.6 Å². The molecule has 1 aromatic heterocycles. The quantitative estimate of drug-likeness (QED) is 0.662. The number of anilines is 2. The summed E-state index contributed by atoms with van der Waals surface area (Å²) in [6.07, 6.45) is 3.38. The summed E-state index contributed by atoms with van der Waals surface area (Å²) in [5.74, 6) is 1.06. The van der Waals surface area contributed by atoms with Crippen LogP contribution in [0.3, 0.4) is 0 Å². The van der Waals surface area contributed by atoms with Gasteiger partial charge < -0.3 is 16.0 Å². The number of nitrogen functional groups attached to an aromatic ring is 1. The number of aromatic nitrogens is 2. The van der Waals surface area contributed by atoms with Gasteiger partial charge in [0.2, 0.25) is 0 Å². The molecule has 7 heteroatoms. The van der Waals surface area contributed by atoms with Gasteiger partial charge in [-0.2, -0.15) is 0 Å². The summed E-state index contributed by atoms with van der Waals surface area (Å²) in [5.41, 5.74) is 8.80. The highest BCUT2D eigenvalue weighted by Crippen LogP contribution is 2.37. The van der Waals surface area contributed by atoms with Crippen molar-refractivity contribution in [2.75, 3.05) is 30.8 Å². The Balaban J connectivity index is 1.54. The van der Waals surface area contributed by atoms with Gasteiger partial charge in [0.05, 0.1) is 5.56 Å². The molecule has 1 atom stereocenters. The predicted octanol–water partition coefficient (Wildman–Crippen LogP) is 4.18. The molecule has 1 aliphatic rings. The molecule has 0 bridgehead atoms. The van der Waals surface area contributed by atoms with Crippen molar-refractivity contribution in [2.45, 2.75) is 18.9 Å². The van der Waals surface area contributed by atoms with Crippen LogP contribution in [0.15, 0.2) is 54.9 Å². The standard InChI is InChI=1S/C23H25F2N5/c1-27-21(16-4-8-19(25)9-5-16)17-10-12-30(13-11-17)23-20(22(26)28-14-29-23)15-2-6-18(24)7-3-15/h2-9,14,17,21,27H,10-13H2,1H3,(H2,26,28,29). The van der Waals surface area contributed by atoms with Gasteiger partial charge in [0.1, 0.15) is 29.6 Å². The van der Waals surface area contributed by atoms with Crippen LogP contribution in [0.4, 0.5) is 20.4 Å². The van der Waals surface area contributed by atoms with E-state index in [1.54, 1.807) is 12.1 Å². The number of hydrogen-bond acceptors (Lipinski definition) is 5. The Kier molecular flexibility index (Phi) is 5.90. The number of piperidine rings is 1. The molecule has 1 fully saturated rings. The fourth-order valence-electron chi connectivity index (χ4n) is 4.31. The minimum absolute atomic E-state index is 0.166. The van der Waals surface area contributed by atoms with E-state index in [2.05, 4.69) is 20.2 Å². The lowest BCUT2D eigenvalue weighted by atomic mass is 9.85. The summed E-state index contributed by atoms with van der Waals surface area (Å²) >= 11 is 0. The van der Waals surface area contributed by atoms with Crippen molar-refractivity contribution in [3.8, 4) is 11.1 Å². The van der Waals surface area contributed by atoms with Crippen molar-refractivity contribution in [2.24, 2.45) is 5.92 Å². The zero-order valence-corrected chi connectivity index (χ0v) is 16.9. The molecule has 4 rings (SSSR count). The molecule has 0 spiro atoms. The summed E-state index contributed by atoms with van der Waals surface area (Å²) in [6, 6.07) is 13.1. The molecular weight excluding hydrogens is 384 g/mol. The van der Waals surface area contributed by atoms with Crippen LogP contribution in [-0.4, -0.2) is 30.1 Å². The molecule has 0 amide bonds. The van der Waals surface area contributed by atoms with Crippen LogP contribution in [-0.2, 0) is 0 Å². The van der Waals surface area contributed by atoms with Gasteiger partial charge in [-0.25, -0.2) is 18.7 Å². The minimum Gasteiger partial charge on any atom is -0.383 e. The number of hydrogen-bond donors (Lipinski definition) is 2. The van der Waals surface area contributed by atoms with E-state index in [4.69, 9.17) is 5.73 Å². The predicted molar refractivity (Wildman–Crippen MR) is 115 cm³/mol. The molecule has 156 valence electrons. The highest BCUT2D eigenvalue weighted by molar-refractivity contribution is 5.84. The zero-order chi connectivity index (χ0) is 21.1. The Bertz CT molecular complexity index is 983. The van der Waals surface area contributed by atoms with Gasteiger partial charge in [0.15, 0.2) is 0 Å². The second kappa shape index (κ2) is 8.75. The topological polar surface area (TPSA) is 67.1 Å². The first-order valence-corrected chi connectivity index (χ1v) is 10.1. The van der Waals surface area contributed by atoms with Crippen LogP contribution in [0.25, 0.3) is 11.1 Å². The third-order valence-electron chi connectivity index (χ3n) is 5.84. The molecule has 2 heterocycles.